The monoisotopic (exact) mass is 927 g/mol. The quantitative estimate of drug-likeness (QED) is 0.0930. The summed E-state index contributed by atoms with van der Waals surface area (Å²) in [6, 6.07) is 4.30. The van der Waals surface area contributed by atoms with Crippen LogP contribution in [0.2, 0.25) is 0 Å². The van der Waals surface area contributed by atoms with E-state index in [1.165, 1.54) is 45.8 Å². The Balaban J connectivity index is 2.72. The molecule has 6 amide bonds. The molecule has 1 aromatic rings. The molecular weight excluding hydrogens is 853 g/mol. The number of aliphatic hydroxyl groups is 1. The molecule has 2 rings (SSSR count). The van der Waals surface area contributed by atoms with Crippen molar-refractivity contribution < 1.29 is 57.7 Å². The molecule has 0 aliphatic carbocycles. The van der Waals surface area contributed by atoms with Crippen molar-refractivity contribution in [3.8, 4) is 0 Å². The Bertz CT molecular complexity index is 1890. The van der Waals surface area contributed by atoms with Crippen LogP contribution in [0.4, 0.5) is 4.79 Å². The van der Waals surface area contributed by atoms with E-state index in [4.69, 9.17) is 14.2 Å². The third kappa shape index (κ3) is 17.5. The van der Waals surface area contributed by atoms with Crippen LogP contribution in [0.5, 0.6) is 0 Å². The summed E-state index contributed by atoms with van der Waals surface area (Å²) in [6.07, 6.45) is -0.120. The summed E-state index contributed by atoms with van der Waals surface area (Å²) in [4.78, 5) is 112. The Morgan fingerprint density at radius 3 is 2.17 bits per heavy atom. The van der Waals surface area contributed by atoms with E-state index in [-0.39, 0.29) is 50.3 Å². The van der Waals surface area contributed by atoms with Crippen LogP contribution in [0.25, 0.3) is 0 Å². The number of nitrogens with zero attached hydrogens (tertiary/aromatic N) is 2. The zero-order valence-electron chi connectivity index (χ0n) is 40.8. The molecule has 66 heavy (non-hydrogen) atoms. The molecule has 0 saturated carbocycles. The average molecular weight is 927 g/mol. The number of cyclic esters (lactones) is 2. The van der Waals surface area contributed by atoms with Crippen molar-refractivity contribution in [2.45, 2.75) is 144 Å². The number of hydrogen-bond acceptors (Lipinski definition) is 12. The summed E-state index contributed by atoms with van der Waals surface area (Å²) >= 11 is 0. The molecule has 0 saturated heterocycles. The number of allylic oxidation sites excluding steroid dienone is 1. The van der Waals surface area contributed by atoms with Crippen molar-refractivity contribution in [1.82, 2.24) is 31.1 Å². The lowest BCUT2D eigenvalue weighted by Gasteiger charge is -2.33. The molecule has 1 aliphatic heterocycles. The number of amides is 6. The normalized spacial score (nSPS) is 26.8. The van der Waals surface area contributed by atoms with Gasteiger partial charge in [0.05, 0.1) is 6.54 Å². The summed E-state index contributed by atoms with van der Waals surface area (Å²) in [6.45, 7) is 16.2. The van der Waals surface area contributed by atoms with Crippen LogP contribution in [0.3, 0.4) is 0 Å². The zero-order valence-corrected chi connectivity index (χ0v) is 40.8. The maximum atomic E-state index is 14.2. The third-order valence-electron chi connectivity index (χ3n) is 11.7. The zero-order chi connectivity index (χ0) is 49.8. The van der Waals surface area contributed by atoms with Gasteiger partial charge in [-0.05, 0) is 70.4 Å². The summed E-state index contributed by atoms with van der Waals surface area (Å²) < 4.78 is 17.6. The number of alkyl carbamates (subject to hydrolysis) is 1. The molecule has 0 bridgehead atoms. The first kappa shape index (κ1) is 56.3. The van der Waals surface area contributed by atoms with E-state index in [1.54, 1.807) is 64.1 Å². The standard InChI is InChI=1S/C48H74N6O12/c1-13-29(5)40-43(58)51-34(10)47(62)66-41(30(6)14-2)32(8)37(65-48(63)49-23-18-24-55)22-21-31(7)46(61)64-38(25-28(3)4)42(57)50-33(9)44(59)54(12)36(26-35-19-16-15-17-20-35)45(60)53(11)27-39(56)52-40/h14-17,19-21,28-29,32-34,36-38,40-41,55H,13,18,22-27H2,1-12H3,(H,49,63)(H,50,57)(H,51,58)(H,52,56)/b30-14+,31-21-/t29-,32+,33+,34-,36-,37+,38+,40+,41-/m1/s1. The lowest BCUT2D eigenvalue weighted by atomic mass is 9.90. The minimum atomic E-state index is -1.32. The minimum Gasteiger partial charge on any atom is -0.456 e. The molecule has 0 fully saturated rings. The highest BCUT2D eigenvalue weighted by atomic mass is 16.6. The second kappa shape index (κ2) is 27.6. The van der Waals surface area contributed by atoms with Gasteiger partial charge in [0.2, 0.25) is 23.6 Å². The van der Waals surface area contributed by atoms with Crippen LogP contribution in [0.15, 0.2) is 53.6 Å². The van der Waals surface area contributed by atoms with Gasteiger partial charge in [-0.25, -0.2) is 14.4 Å². The van der Waals surface area contributed by atoms with Gasteiger partial charge in [0.25, 0.3) is 5.91 Å². The van der Waals surface area contributed by atoms with E-state index in [1.807, 2.05) is 20.8 Å². The summed E-state index contributed by atoms with van der Waals surface area (Å²) in [7, 11) is 2.83. The highest BCUT2D eigenvalue weighted by Gasteiger charge is 2.37. The van der Waals surface area contributed by atoms with Crippen molar-refractivity contribution in [2.24, 2.45) is 17.8 Å². The predicted octanol–water partition coefficient (Wildman–Crippen LogP) is 3.35. The highest BCUT2D eigenvalue weighted by molar-refractivity contribution is 5.96. The smallest absolute Gasteiger partial charge is 0.407 e. The van der Waals surface area contributed by atoms with Gasteiger partial charge >= 0.3 is 18.0 Å². The van der Waals surface area contributed by atoms with Crippen LogP contribution < -0.4 is 21.3 Å². The van der Waals surface area contributed by atoms with E-state index < -0.39 is 108 Å². The van der Waals surface area contributed by atoms with Gasteiger partial charge < -0.3 is 50.4 Å². The van der Waals surface area contributed by atoms with E-state index in [0.717, 1.165) is 10.5 Å². The van der Waals surface area contributed by atoms with Gasteiger partial charge in [0, 0.05) is 51.6 Å². The van der Waals surface area contributed by atoms with Crippen LogP contribution in [0, 0.1) is 17.8 Å². The predicted molar refractivity (Wildman–Crippen MR) is 247 cm³/mol. The first-order valence-corrected chi connectivity index (χ1v) is 22.8. The topological polar surface area (TPSA) is 239 Å². The van der Waals surface area contributed by atoms with Gasteiger partial charge in [0.1, 0.15) is 36.4 Å². The molecule has 18 heteroatoms. The fraction of sp³-hybridized carbons (Fsp3) is 0.625. The SMILES string of the molecule is C/C=C(\C)[C@H]1OC(=O)[C@@H](C)NC(=O)[C@H]([C@H](C)CC)NC(=O)CN(C)C(=O)[C@@H](Cc2ccccc2)N(C)C(=O)[C@H](C)NC(=O)[C@H](CC(C)C)OC(=O)/C(C)=C\C[C@H](OC(=O)NCCCO)[C@@H]1C. The van der Waals surface area contributed by atoms with E-state index in [9.17, 15) is 43.5 Å². The number of ether oxygens (including phenoxy) is 3. The molecular formula is C48H74N6O12. The van der Waals surface area contributed by atoms with Gasteiger partial charge in [-0.1, -0.05) is 83.5 Å². The fourth-order valence-corrected chi connectivity index (χ4v) is 7.14. The van der Waals surface area contributed by atoms with Crippen LogP contribution >= 0.6 is 0 Å². The Morgan fingerprint density at radius 2 is 1.58 bits per heavy atom. The Hall–Kier alpha value is -5.78. The number of nitrogens with one attached hydrogen (secondary N) is 4. The van der Waals surface area contributed by atoms with Crippen molar-refractivity contribution in [2.75, 3.05) is 33.8 Å². The Labute approximate surface area is 390 Å². The van der Waals surface area contributed by atoms with E-state index in [0.29, 0.717) is 12.0 Å². The number of benzene rings is 1. The molecule has 18 nitrogen and oxygen atoms in total. The maximum absolute atomic E-state index is 14.2. The molecule has 0 unspecified atom stereocenters. The van der Waals surface area contributed by atoms with Crippen LogP contribution in [0.1, 0.15) is 100 Å². The summed E-state index contributed by atoms with van der Waals surface area (Å²) in [5, 5.41) is 19.9. The van der Waals surface area contributed by atoms with Crippen LogP contribution in [-0.4, -0.2) is 139 Å². The second-order valence-corrected chi connectivity index (χ2v) is 17.6. The molecule has 368 valence electrons. The van der Waals surface area contributed by atoms with Crippen LogP contribution in [-0.2, 0) is 54.2 Å². The Morgan fingerprint density at radius 1 is 0.939 bits per heavy atom. The number of aliphatic hydroxyl groups excluding tert-OH is 1. The maximum Gasteiger partial charge on any atom is 0.407 e. The van der Waals surface area contributed by atoms with Crippen molar-refractivity contribution >= 4 is 47.6 Å². The largest absolute Gasteiger partial charge is 0.456 e. The van der Waals surface area contributed by atoms with E-state index in [2.05, 4.69) is 21.3 Å². The highest BCUT2D eigenvalue weighted by Crippen LogP contribution is 2.26. The lowest BCUT2D eigenvalue weighted by Crippen LogP contribution is -2.57. The molecule has 0 aromatic heterocycles. The van der Waals surface area contributed by atoms with Crippen molar-refractivity contribution in [3.05, 3.63) is 59.2 Å². The molecule has 1 heterocycles. The van der Waals surface area contributed by atoms with Gasteiger partial charge in [-0.15, -0.1) is 0 Å². The molecule has 1 aromatic carbocycles. The lowest BCUT2D eigenvalue weighted by molar-refractivity contribution is -0.155. The van der Waals surface area contributed by atoms with Crippen molar-refractivity contribution in [1.29, 1.82) is 0 Å². The summed E-state index contributed by atoms with van der Waals surface area (Å²) in [5.41, 5.74) is 1.39. The first-order valence-electron chi connectivity index (χ1n) is 22.8. The number of rotatable bonds is 11. The molecule has 9 atom stereocenters. The first-order chi connectivity index (χ1) is 31.1. The number of carbonyl (C=O) groups excluding carboxylic acids is 8. The number of hydrogen-bond donors (Lipinski definition) is 5. The summed E-state index contributed by atoms with van der Waals surface area (Å²) in [5.74, 6) is -6.25. The molecule has 0 radical (unpaired) electrons. The average Bonchev–Trinajstić information content (AvgIpc) is 3.28. The molecule has 5 N–H and O–H groups in total. The van der Waals surface area contributed by atoms with Gasteiger partial charge in [-0.2, -0.15) is 0 Å². The number of likely N-dealkylation sites (N-methyl/N-ethyl adjacent to an activating group) is 2. The van der Waals surface area contributed by atoms with Gasteiger partial charge in [-0.3, -0.25) is 24.0 Å². The number of esters is 2. The van der Waals surface area contributed by atoms with Gasteiger partial charge in [0.15, 0.2) is 6.10 Å². The fourth-order valence-electron chi connectivity index (χ4n) is 7.14. The Kier molecular flexibility index (Phi) is 23.6. The number of carbonyl (C=O) groups is 8. The molecule has 1 aliphatic rings. The van der Waals surface area contributed by atoms with E-state index >= 15 is 0 Å². The second-order valence-electron chi connectivity index (χ2n) is 17.6. The third-order valence-corrected chi connectivity index (χ3v) is 11.7. The molecule has 0 spiro atoms. The minimum absolute atomic E-state index is 0.0626. The van der Waals surface area contributed by atoms with Crippen molar-refractivity contribution in [3.63, 3.8) is 0 Å².